The Balaban J connectivity index is 1.07. The van der Waals surface area contributed by atoms with Crippen molar-refractivity contribution in [3.05, 3.63) is 52.0 Å². The van der Waals surface area contributed by atoms with E-state index in [1.807, 2.05) is 28.0 Å². The predicted octanol–water partition coefficient (Wildman–Crippen LogP) is 3.65. The highest BCUT2D eigenvalue weighted by molar-refractivity contribution is 6.35. The van der Waals surface area contributed by atoms with Gasteiger partial charge in [-0.2, -0.15) is 15.4 Å². The van der Waals surface area contributed by atoms with Gasteiger partial charge in [0.2, 0.25) is 5.91 Å². The van der Waals surface area contributed by atoms with Crippen LogP contribution in [0.4, 0.5) is 10.5 Å². The molecule has 3 amide bonds. The smallest absolute Gasteiger partial charge is 0.321 e. The van der Waals surface area contributed by atoms with Gasteiger partial charge in [0, 0.05) is 61.0 Å². The van der Waals surface area contributed by atoms with E-state index in [4.69, 9.17) is 23.2 Å². The van der Waals surface area contributed by atoms with Crippen molar-refractivity contribution in [1.82, 2.24) is 30.1 Å². The molecule has 9 nitrogen and oxygen atoms in total. The molecule has 0 atom stereocenters. The maximum absolute atomic E-state index is 12.8. The molecular formula is C24H27Cl2N7O2. The van der Waals surface area contributed by atoms with Crippen molar-refractivity contribution in [1.29, 1.82) is 0 Å². The van der Waals surface area contributed by atoms with Crippen LogP contribution in [0.15, 0.2) is 36.4 Å². The van der Waals surface area contributed by atoms with Crippen LogP contribution >= 0.6 is 23.2 Å². The highest BCUT2D eigenvalue weighted by Crippen LogP contribution is 2.24. The zero-order valence-corrected chi connectivity index (χ0v) is 20.7. The van der Waals surface area contributed by atoms with E-state index in [0.717, 1.165) is 55.6 Å². The number of piperidine rings is 1. The average molecular weight is 516 g/mol. The number of carbonyl (C=O) groups excluding carboxylic acids is 2. The minimum absolute atomic E-state index is 0.146. The molecule has 5 rings (SSSR count). The van der Waals surface area contributed by atoms with E-state index in [1.54, 1.807) is 18.2 Å². The third-order valence-corrected chi connectivity index (χ3v) is 7.22. The third kappa shape index (κ3) is 5.69. The standard InChI is InChI=1S/C24H27Cl2N7O2/c25-17-13-18(26)15-19(14-17)27-24(35)33-9-7-31(8-10-33)20-3-5-32(6-4-20)23(34)12-16-1-2-21-22(11-16)29-30-28-21/h1-2,11,13-15,20H,3-10,12H2,(H,27,35)(H,28,29,30). The molecule has 11 heteroatoms. The number of amides is 3. The number of nitrogens with zero attached hydrogens (tertiary/aromatic N) is 5. The fourth-order valence-corrected chi connectivity index (χ4v) is 5.41. The molecule has 3 aromatic rings. The monoisotopic (exact) mass is 515 g/mol. The quantitative estimate of drug-likeness (QED) is 0.552. The molecule has 3 heterocycles. The molecule has 35 heavy (non-hydrogen) atoms. The Hall–Kier alpha value is -2.88. The lowest BCUT2D eigenvalue weighted by Crippen LogP contribution is -2.55. The first kappa shape index (κ1) is 23.8. The first-order chi connectivity index (χ1) is 16.9. The Kier molecular flexibility index (Phi) is 7.08. The molecule has 0 aliphatic carbocycles. The van der Waals surface area contributed by atoms with E-state index in [9.17, 15) is 9.59 Å². The number of piperazine rings is 1. The topological polar surface area (TPSA) is 97.5 Å². The van der Waals surface area contributed by atoms with Crippen molar-refractivity contribution >= 4 is 51.9 Å². The van der Waals surface area contributed by atoms with Crippen LogP contribution < -0.4 is 5.32 Å². The maximum Gasteiger partial charge on any atom is 0.321 e. The number of hydrogen-bond acceptors (Lipinski definition) is 5. The maximum atomic E-state index is 12.8. The van der Waals surface area contributed by atoms with Crippen LogP contribution in [0, 0.1) is 0 Å². The van der Waals surface area contributed by atoms with Crippen LogP contribution in [0.5, 0.6) is 0 Å². The van der Waals surface area contributed by atoms with Gasteiger partial charge in [0.15, 0.2) is 0 Å². The number of hydrogen-bond donors (Lipinski definition) is 2. The van der Waals surface area contributed by atoms with Crippen molar-refractivity contribution in [3.63, 3.8) is 0 Å². The summed E-state index contributed by atoms with van der Waals surface area (Å²) in [5.74, 6) is 0.147. The SMILES string of the molecule is O=C(Cc1ccc2n[nH]nc2c1)N1CCC(N2CCN(C(=O)Nc3cc(Cl)cc(Cl)c3)CC2)CC1. The number of aromatic nitrogens is 3. The highest BCUT2D eigenvalue weighted by Gasteiger charge is 2.30. The van der Waals surface area contributed by atoms with Gasteiger partial charge in [-0.15, -0.1) is 0 Å². The number of fused-ring (bicyclic) bond motifs is 1. The number of urea groups is 1. The Morgan fingerprint density at radius 3 is 2.29 bits per heavy atom. The zero-order chi connectivity index (χ0) is 24.4. The Morgan fingerprint density at radius 2 is 1.57 bits per heavy atom. The van der Waals surface area contributed by atoms with E-state index in [1.165, 1.54) is 0 Å². The second-order valence-corrected chi connectivity index (χ2v) is 9.92. The van der Waals surface area contributed by atoms with Crippen LogP contribution in [0.25, 0.3) is 11.0 Å². The van der Waals surface area contributed by atoms with Crippen LogP contribution in [0.1, 0.15) is 18.4 Å². The number of halogens is 2. The molecule has 1 aromatic heterocycles. The minimum atomic E-state index is -0.146. The summed E-state index contributed by atoms with van der Waals surface area (Å²) >= 11 is 12.0. The minimum Gasteiger partial charge on any atom is -0.342 e. The van der Waals surface area contributed by atoms with Crippen LogP contribution in [0.2, 0.25) is 10.0 Å². The van der Waals surface area contributed by atoms with E-state index >= 15 is 0 Å². The molecule has 2 aliphatic heterocycles. The van der Waals surface area contributed by atoms with Gasteiger partial charge in [0.05, 0.1) is 6.42 Å². The van der Waals surface area contributed by atoms with Crippen LogP contribution in [-0.2, 0) is 11.2 Å². The van der Waals surface area contributed by atoms with Gasteiger partial charge in [-0.1, -0.05) is 29.3 Å². The lowest BCUT2D eigenvalue weighted by Gasteiger charge is -2.42. The van der Waals surface area contributed by atoms with Gasteiger partial charge in [-0.05, 0) is 48.7 Å². The first-order valence-corrected chi connectivity index (χ1v) is 12.5. The summed E-state index contributed by atoms with van der Waals surface area (Å²) in [6.45, 7) is 4.46. The van der Waals surface area contributed by atoms with E-state index in [2.05, 4.69) is 25.6 Å². The largest absolute Gasteiger partial charge is 0.342 e. The van der Waals surface area contributed by atoms with Crippen molar-refractivity contribution in [2.75, 3.05) is 44.6 Å². The molecule has 2 aliphatic rings. The number of nitrogens with one attached hydrogen (secondary N) is 2. The number of aromatic amines is 1. The molecule has 2 aromatic carbocycles. The second kappa shape index (κ2) is 10.4. The highest BCUT2D eigenvalue weighted by atomic mass is 35.5. The van der Waals surface area contributed by atoms with E-state index in [-0.39, 0.29) is 11.9 Å². The van der Waals surface area contributed by atoms with E-state index < -0.39 is 0 Å². The molecule has 0 unspecified atom stereocenters. The summed E-state index contributed by atoms with van der Waals surface area (Å²) in [6.07, 6.45) is 2.27. The number of likely N-dealkylation sites (tertiary alicyclic amines) is 1. The average Bonchev–Trinajstić information content (AvgIpc) is 3.31. The number of carbonyl (C=O) groups is 2. The fraction of sp³-hybridized carbons (Fsp3) is 0.417. The Labute approximate surface area is 213 Å². The van der Waals surface area contributed by atoms with Gasteiger partial charge < -0.3 is 15.1 Å². The van der Waals surface area contributed by atoms with Crippen molar-refractivity contribution < 1.29 is 9.59 Å². The zero-order valence-electron chi connectivity index (χ0n) is 19.2. The van der Waals surface area contributed by atoms with Crippen molar-refractivity contribution in [2.24, 2.45) is 0 Å². The summed E-state index contributed by atoms with van der Waals surface area (Å²) in [5, 5.41) is 14.6. The fourth-order valence-electron chi connectivity index (χ4n) is 4.88. The number of rotatable bonds is 4. The second-order valence-electron chi connectivity index (χ2n) is 9.05. The van der Waals surface area contributed by atoms with Crippen molar-refractivity contribution in [2.45, 2.75) is 25.3 Å². The molecule has 2 fully saturated rings. The lowest BCUT2D eigenvalue weighted by atomic mass is 10.0. The van der Waals surface area contributed by atoms with Crippen LogP contribution in [-0.4, -0.2) is 87.4 Å². The summed E-state index contributed by atoms with van der Waals surface area (Å²) in [7, 11) is 0. The Bertz CT molecular complexity index is 1200. The molecule has 0 bridgehead atoms. The third-order valence-electron chi connectivity index (χ3n) is 6.78. The van der Waals surface area contributed by atoms with Gasteiger partial charge in [0.25, 0.3) is 0 Å². The van der Waals surface area contributed by atoms with Gasteiger partial charge in [-0.3, -0.25) is 9.69 Å². The van der Waals surface area contributed by atoms with Gasteiger partial charge in [-0.25, -0.2) is 4.79 Å². The molecule has 2 saturated heterocycles. The molecular weight excluding hydrogens is 489 g/mol. The Morgan fingerprint density at radius 1 is 0.886 bits per heavy atom. The van der Waals surface area contributed by atoms with Gasteiger partial charge in [0.1, 0.15) is 11.0 Å². The molecule has 2 N–H and O–H groups in total. The number of anilines is 1. The lowest BCUT2D eigenvalue weighted by molar-refractivity contribution is -0.132. The van der Waals surface area contributed by atoms with Gasteiger partial charge >= 0.3 is 6.03 Å². The predicted molar refractivity (Wildman–Crippen MR) is 136 cm³/mol. The number of benzene rings is 2. The van der Waals surface area contributed by atoms with Crippen LogP contribution in [0.3, 0.4) is 0 Å². The van der Waals surface area contributed by atoms with E-state index in [0.29, 0.717) is 41.3 Å². The normalized spacial score (nSPS) is 17.7. The molecule has 184 valence electrons. The first-order valence-electron chi connectivity index (χ1n) is 11.8. The summed E-state index contributed by atoms with van der Waals surface area (Å²) in [4.78, 5) is 31.7. The van der Waals surface area contributed by atoms with Crippen molar-refractivity contribution in [3.8, 4) is 0 Å². The number of H-pyrrole nitrogens is 1. The molecule has 0 spiro atoms. The molecule has 0 saturated carbocycles. The summed E-state index contributed by atoms with van der Waals surface area (Å²) in [5.41, 5.74) is 3.12. The summed E-state index contributed by atoms with van der Waals surface area (Å²) in [6, 6.07) is 11.0. The molecule has 0 radical (unpaired) electrons. The summed E-state index contributed by atoms with van der Waals surface area (Å²) < 4.78 is 0.